The summed E-state index contributed by atoms with van der Waals surface area (Å²) in [5.41, 5.74) is 0.448. The van der Waals surface area contributed by atoms with E-state index in [1.165, 1.54) is 32.1 Å². The van der Waals surface area contributed by atoms with Crippen LogP contribution in [0.5, 0.6) is 0 Å². The summed E-state index contributed by atoms with van der Waals surface area (Å²) in [4.78, 5) is 0. The fraction of sp³-hybridized carbons (Fsp3) is 1.00. The van der Waals surface area contributed by atoms with Crippen LogP contribution in [0.2, 0.25) is 0 Å². The number of nitrogens with one attached hydrogen (secondary N) is 1. The average molecular weight is 251 g/mol. The molecule has 1 N–H and O–H groups in total. The van der Waals surface area contributed by atoms with Crippen LogP contribution in [0.15, 0.2) is 0 Å². The van der Waals surface area contributed by atoms with Crippen LogP contribution in [0.1, 0.15) is 66.2 Å². The third-order valence-electron chi connectivity index (χ3n) is 6.00. The smallest absolute Gasteiger partial charge is 0.00695 e. The van der Waals surface area contributed by atoms with Gasteiger partial charge in [0.05, 0.1) is 0 Å². The van der Waals surface area contributed by atoms with E-state index in [1.807, 2.05) is 0 Å². The van der Waals surface area contributed by atoms with Crippen LogP contribution in [0, 0.1) is 29.1 Å². The highest BCUT2D eigenvalue weighted by Crippen LogP contribution is 2.50. The Bertz CT molecular complexity index is 265. The summed E-state index contributed by atoms with van der Waals surface area (Å²) in [7, 11) is 2.16. The van der Waals surface area contributed by atoms with E-state index in [4.69, 9.17) is 0 Å². The van der Waals surface area contributed by atoms with Crippen molar-refractivity contribution in [3.63, 3.8) is 0 Å². The van der Waals surface area contributed by atoms with Gasteiger partial charge in [-0.3, -0.25) is 0 Å². The van der Waals surface area contributed by atoms with E-state index in [1.54, 1.807) is 6.42 Å². The topological polar surface area (TPSA) is 12.0 Å². The molecule has 0 heterocycles. The third kappa shape index (κ3) is 3.29. The molecular formula is C17H33N. The monoisotopic (exact) mass is 251 g/mol. The quantitative estimate of drug-likeness (QED) is 0.760. The van der Waals surface area contributed by atoms with Crippen molar-refractivity contribution in [3.05, 3.63) is 0 Å². The predicted octanol–water partition coefficient (Wildman–Crippen LogP) is 4.47. The second kappa shape index (κ2) is 5.53. The minimum Gasteiger partial charge on any atom is -0.317 e. The summed E-state index contributed by atoms with van der Waals surface area (Å²) >= 11 is 0. The molecule has 2 fully saturated rings. The molecule has 2 aliphatic carbocycles. The highest BCUT2D eigenvalue weighted by molar-refractivity contribution is 4.92. The molecular weight excluding hydrogens is 218 g/mol. The lowest BCUT2D eigenvalue weighted by Crippen LogP contribution is -2.34. The van der Waals surface area contributed by atoms with Gasteiger partial charge in [0, 0.05) is 6.04 Å². The van der Waals surface area contributed by atoms with Gasteiger partial charge < -0.3 is 5.32 Å². The Morgan fingerprint density at radius 3 is 2.33 bits per heavy atom. The van der Waals surface area contributed by atoms with Gasteiger partial charge in [0.15, 0.2) is 0 Å². The third-order valence-corrected chi connectivity index (χ3v) is 6.00. The number of hydrogen-bond donors (Lipinski definition) is 1. The van der Waals surface area contributed by atoms with Crippen molar-refractivity contribution in [2.24, 2.45) is 29.1 Å². The molecule has 0 spiro atoms. The molecule has 0 aromatic heterocycles. The second-order valence-corrected chi connectivity index (χ2v) is 8.16. The van der Waals surface area contributed by atoms with Crippen LogP contribution in [-0.2, 0) is 0 Å². The van der Waals surface area contributed by atoms with Crippen molar-refractivity contribution >= 4 is 0 Å². The van der Waals surface area contributed by atoms with Gasteiger partial charge in [-0.1, -0.05) is 34.1 Å². The fourth-order valence-corrected chi connectivity index (χ4v) is 4.14. The summed E-state index contributed by atoms with van der Waals surface area (Å²) in [5.74, 6) is 4.01. The van der Waals surface area contributed by atoms with Crippen molar-refractivity contribution in [3.8, 4) is 0 Å². The summed E-state index contributed by atoms with van der Waals surface area (Å²) < 4.78 is 0. The van der Waals surface area contributed by atoms with Crippen LogP contribution < -0.4 is 5.32 Å². The van der Waals surface area contributed by atoms with Gasteiger partial charge >= 0.3 is 0 Å². The Morgan fingerprint density at radius 2 is 1.89 bits per heavy atom. The molecule has 0 radical (unpaired) electrons. The lowest BCUT2D eigenvalue weighted by molar-refractivity contribution is 0.200. The van der Waals surface area contributed by atoms with E-state index in [-0.39, 0.29) is 0 Å². The first-order chi connectivity index (χ1) is 8.40. The first kappa shape index (κ1) is 14.4. The molecule has 2 aliphatic rings. The minimum atomic E-state index is 0.448. The van der Waals surface area contributed by atoms with E-state index >= 15 is 0 Å². The molecule has 2 rings (SSSR count). The maximum atomic E-state index is 3.59. The predicted molar refractivity (Wildman–Crippen MR) is 79.6 cm³/mol. The molecule has 5 atom stereocenters. The van der Waals surface area contributed by atoms with Crippen molar-refractivity contribution < 1.29 is 0 Å². The Kier molecular flexibility index (Phi) is 4.41. The van der Waals surface area contributed by atoms with E-state index in [2.05, 4.69) is 40.1 Å². The minimum absolute atomic E-state index is 0.448. The molecule has 5 unspecified atom stereocenters. The summed E-state index contributed by atoms with van der Waals surface area (Å²) in [5, 5.41) is 3.59. The largest absolute Gasteiger partial charge is 0.317 e. The Morgan fingerprint density at radius 1 is 1.17 bits per heavy atom. The zero-order valence-corrected chi connectivity index (χ0v) is 13.1. The lowest BCUT2D eigenvalue weighted by atomic mass is 9.76. The van der Waals surface area contributed by atoms with E-state index in [9.17, 15) is 0 Å². The zero-order valence-electron chi connectivity index (χ0n) is 13.1. The van der Waals surface area contributed by atoms with Crippen LogP contribution in [0.3, 0.4) is 0 Å². The molecule has 0 amide bonds. The van der Waals surface area contributed by atoms with Crippen LogP contribution in [-0.4, -0.2) is 13.1 Å². The molecule has 1 heteroatoms. The van der Waals surface area contributed by atoms with Gasteiger partial charge in [-0.15, -0.1) is 0 Å². The number of hydrogen-bond acceptors (Lipinski definition) is 1. The Hall–Kier alpha value is -0.0400. The summed E-state index contributed by atoms with van der Waals surface area (Å²) in [6, 6.07) is 0.739. The first-order valence-corrected chi connectivity index (χ1v) is 8.07. The molecule has 0 saturated heterocycles. The van der Waals surface area contributed by atoms with Gasteiger partial charge in [0.2, 0.25) is 0 Å². The van der Waals surface area contributed by atoms with Crippen LogP contribution in [0.25, 0.3) is 0 Å². The SMILES string of the molecule is CNC(CC1CC2CCC1C2)CC(C)C(C)(C)C. The average Bonchev–Trinajstić information content (AvgIpc) is 2.88. The Balaban J connectivity index is 1.82. The molecule has 2 saturated carbocycles. The summed E-state index contributed by atoms with van der Waals surface area (Å²) in [6.45, 7) is 9.55. The fourth-order valence-electron chi connectivity index (χ4n) is 4.14. The van der Waals surface area contributed by atoms with E-state index in [0.717, 1.165) is 29.7 Å². The standard InChI is InChI=1S/C17H33N/c1-12(17(2,3)4)8-16(18-5)11-15-10-13-6-7-14(15)9-13/h12-16,18H,6-11H2,1-5H3. The normalized spacial score (nSPS) is 34.8. The van der Waals surface area contributed by atoms with Crippen molar-refractivity contribution in [1.82, 2.24) is 5.32 Å². The highest BCUT2D eigenvalue weighted by atomic mass is 14.9. The van der Waals surface area contributed by atoms with Gasteiger partial charge in [-0.25, -0.2) is 0 Å². The molecule has 18 heavy (non-hydrogen) atoms. The van der Waals surface area contributed by atoms with Gasteiger partial charge in [0.1, 0.15) is 0 Å². The van der Waals surface area contributed by atoms with Crippen molar-refractivity contribution in [2.75, 3.05) is 7.05 Å². The van der Waals surface area contributed by atoms with E-state index < -0.39 is 0 Å². The molecule has 1 nitrogen and oxygen atoms in total. The maximum absolute atomic E-state index is 3.59. The van der Waals surface area contributed by atoms with Gasteiger partial charge in [0.25, 0.3) is 0 Å². The molecule has 2 bridgehead atoms. The summed E-state index contributed by atoms with van der Waals surface area (Å²) in [6.07, 6.45) is 8.92. The highest BCUT2D eigenvalue weighted by Gasteiger charge is 2.40. The Labute approximate surface area is 114 Å². The molecule has 0 aliphatic heterocycles. The molecule has 0 aromatic carbocycles. The lowest BCUT2D eigenvalue weighted by Gasteiger charge is -2.33. The van der Waals surface area contributed by atoms with Crippen molar-refractivity contribution in [2.45, 2.75) is 72.3 Å². The van der Waals surface area contributed by atoms with Crippen LogP contribution >= 0.6 is 0 Å². The zero-order chi connectivity index (χ0) is 13.3. The van der Waals surface area contributed by atoms with Crippen molar-refractivity contribution in [1.29, 1.82) is 0 Å². The second-order valence-electron chi connectivity index (χ2n) is 8.16. The number of fused-ring (bicyclic) bond motifs is 2. The van der Waals surface area contributed by atoms with Crippen LogP contribution in [0.4, 0.5) is 0 Å². The number of rotatable bonds is 5. The maximum Gasteiger partial charge on any atom is 0.00695 e. The van der Waals surface area contributed by atoms with E-state index in [0.29, 0.717) is 5.41 Å². The molecule has 0 aromatic rings. The first-order valence-electron chi connectivity index (χ1n) is 8.07. The molecule has 106 valence electrons. The van der Waals surface area contributed by atoms with Gasteiger partial charge in [-0.2, -0.15) is 0 Å². The van der Waals surface area contributed by atoms with Gasteiger partial charge in [-0.05, 0) is 68.2 Å².